The molecule has 4 rings (SSSR count). The monoisotopic (exact) mass is 537 g/mol. The number of halogens is 1. The Labute approximate surface area is 228 Å². The number of hydrogen-bond donors (Lipinski definition) is 3. The van der Waals surface area contributed by atoms with Crippen molar-refractivity contribution in [2.75, 3.05) is 65.4 Å². The van der Waals surface area contributed by atoms with Crippen LogP contribution < -0.4 is 10.1 Å². The van der Waals surface area contributed by atoms with E-state index in [4.69, 9.17) is 21.3 Å². The molecule has 0 spiro atoms. The molecule has 202 valence electrons. The molecule has 3 N–H and O–H groups in total. The lowest BCUT2D eigenvalue weighted by Crippen LogP contribution is -2.49. The smallest absolute Gasteiger partial charge is 0.181 e. The van der Waals surface area contributed by atoms with Crippen molar-refractivity contribution >= 4 is 47.0 Å². The van der Waals surface area contributed by atoms with Crippen LogP contribution in [0.5, 0.6) is 5.75 Å². The van der Waals surface area contributed by atoms with Gasteiger partial charge in [0.1, 0.15) is 17.4 Å². The van der Waals surface area contributed by atoms with Gasteiger partial charge >= 0.3 is 0 Å². The number of nitrogens with one attached hydrogen (secondary N) is 3. The molecular weight excluding hydrogens is 502 g/mol. The van der Waals surface area contributed by atoms with E-state index in [0.29, 0.717) is 22.4 Å². The van der Waals surface area contributed by atoms with Gasteiger partial charge in [0.05, 0.1) is 10.7 Å². The van der Waals surface area contributed by atoms with Crippen molar-refractivity contribution in [3.63, 3.8) is 0 Å². The molecule has 0 unspecified atom stereocenters. The van der Waals surface area contributed by atoms with Crippen molar-refractivity contribution < 1.29 is 4.74 Å². The highest BCUT2D eigenvalue weighted by atomic mass is 35.5. The van der Waals surface area contributed by atoms with E-state index in [1.807, 2.05) is 37.3 Å². The van der Waals surface area contributed by atoms with Crippen molar-refractivity contribution in [3.05, 3.63) is 59.2 Å². The Morgan fingerprint density at radius 3 is 2.74 bits per heavy atom. The minimum atomic E-state index is 0.106. The van der Waals surface area contributed by atoms with Crippen LogP contribution in [-0.2, 0) is 0 Å². The molecule has 0 amide bonds. The number of aromatic nitrogens is 3. The summed E-state index contributed by atoms with van der Waals surface area (Å²) in [6.07, 6.45) is 3.56. The standard InChI is InChI=1S/C27H36ClN9O/c1-6-20-16-25(34-33-20)32-24(29-3)17-26(37-13-11-36(12-14-37)10-9-35(4)5)30-18-38-23-8-7-22-21(27(23)28)15-19(2)31-22/h6-8,15-17,31H,1,3,9-14,18H2,2,4-5H3,(H2,32,33,34)/b24-17+,30-26+. The van der Waals surface area contributed by atoms with Crippen LogP contribution in [0.3, 0.4) is 0 Å². The minimum absolute atomic E-state index is 0.106. The lowest BCUT2D eigenvalue weighted by atomic mass is 10.2. The van der Waals surface area contributed by atoms with Gasteiger partial charge in [-0.1, -0.05) is 18.2 Å². The van der Waals surface area contributed by atoms with Crippen LogP contribution in [0.1, 0.15) is 11.4 Å². The molecule has 10 nitrogen and oxygen atoms in total. The van der Waals surface area contributed by atoms with E-state index in [-0.39, 0.29) is 6.73 Å². The van der Waals surface area contributed by atoms with Gasteiger partial charge in [0.15, 0.2) is 12.5 Å². The largest absolute Gasteiger partial charge is 0.470 e. The number of piperazine rings is 1. The number of anilines is 1. The molecule has 3 aromatic rings. The number of hydrogen-bond acceptors (Lipinski definition) is 7. The van der Waals surface area contributed by atoms with E-state index in [9.17, 15) is 0 Å². The van der Waals surface area contributed by atoms with Gasteiger partial charge in [0, 0.05) is 68.0 Å². The fraction of sp³-hybridized carbons (Fsp3) is 0.370. The molecule has 1 aliphatic rings. The van der Waals surface area contributed by atoms with Crippen molar-refractivity contribution in [2.24, 2.45) is 9.98 Å². The molecule has 0 aliphatic carbocycles. The summed E-state index contributed by atoms with van der Waals surface area (Å²) in [7, 11) is 4.20. The third-order valence-electron chi connectivity index (χ3n) is 6.35. The molecular formula is C27H36ClN9O. The zero-order chi connectivity index (χ0) is 27.1. The van der Waals surface area contributed by atoms with Crippen LogP contribution in [0.15, 0.2) is 52.7 Å². The molecule has 0 saturated carbocycles. The summed E-state index contributed by atoms with van der Waals surface area (Å²) in [5, 5.41) is 11.8. The first-order valence-corrected chi connectivity index (χ1v) is 12.9. The van der Waals surface area contributed by atoms with Gasteiger partial charge in [0.25, 0.3) is 0 Å². The topological polar surface area (TPSA) is 100 Å². The first-order valence-electron chi connectivity index (χ1n) is 12.6. The van der Waals surface area contributed by atoms with Crippen LogP contribution in [-0.4, -0.2) is 103 Å². The number of ether oxygens (including phenoxy) is 1. The molecule has 0 radical (unpaired) electrons. The number of aliphatic imine (C=N–C) groups is 2. The summed E-state index contributed by atoms with van der Waals surface area (Å²) in [5.41, 5.74) is 2.83. The Morgan fingerprint density at radius 1 is 1.26 bits per heavy atom. The zero-order valence-corrected chi connectivity index (χ0v) is 23.1. The predicted molar refractivity (Wildman–Crippen MR) is 157 cm³/mol. The van der Waals surface area contributed by atoms with Crippen LogP contribution in [0.25, 0.3) is 17.0 Å². The zero-order valence-electron chi connectivity index (χ0n) is 22.3. The van der Waals surface area contributed by atoms with Crippen molar-refractivity contribution in [1.82, 2.24) is 29.9 Å². The van der Waals surface area contributed by atoms with Crippen LogP contribution in [0.2, 0.25) is 5.02 Å². The quantitative estimate of drug-likeness (QED) is 0.252. The summed E-state index contributed by atoms with van der Waals surface area (Å²) in [6, 6.07) is 7.68. The Hall–Kier alpha value is -3.60. The lowest BCUT2D eigenvalue weighted by molar-refractivity contribution is 0.169. The summed E-state index contributed by atoms with van der Waals surface area (Å²) >= 11 is 6.62. The SMILES string of the molecule is C=Cc1cc(N/C(=C/C(=N\COc2ccc3[nH]c(C)cc3c2Cl)N2CCN(CCN(C)C)CC2)N=C)n[nH]1. The Balaban J connectivity index is 1.51. The number of fused-ring (bicyclic) bond motifs is 1. The van der Waals surface area contributed by atoms with Crippen molar-refractivity contribution in [3.8, 4) is 5.75 Å². The maximum absolute atomic E-state index is 6.62. The van der Waals surface area contributed by atoms with E-state index in [0.717, 1.165) is 67.4 Å². The molecule has 1 aromatic carbocycles. The second-order valence-electron chi connectivity index (χ2n) is 9.44. The Bertz CT molecular complexity index is 1320. The van der Waals surface area contributed by atoms with E-state index in [1.165, 1.54) is 0 Å². The fourth-order valence-electron chi connectivity index (χ4n) is 4.23. The van der Waals surface area contributed by atoms with Crippen molar-refractivity contribution in [2.45, 2.75) is 6.92 Å². The van der Waals surface area contributed by atoms with E-state index < -0.39 is 0 Å². The van der Waals surface area contributed by atoms with E-state index >= 15 is 0 Å². The summed E-state index contributed by atoms with van der Waals surface area (Å²) in [6.45, 7) is 15.2. The molecule has 2 aromatic heterocycles. The molecule has 0 bridgehead atoms. The molecule has 11 heteroatoms. The van der Waals surface area contributed by atoms with Gasteiger partial charge < -0.3 is 24.8 Å². The van der Waals surface area contributed by atoms with Crippen LogP contribution >= 0.6 is 11.6 Å². The maximum Gasteiger partial charge on any atom is 0.181 e. The summed E-state index contributed by atoms with van der Waals surface area (Å²) in [4.78, 5) is 19.2. The first-order chi connectivity index (χ1) is 18.4. The molecule has 1 saturated heterocycles. The first kappa shape index (κ1) is 27.4. The summed E-state index contributed by atoms with van der Waals surface area (Å²) < 4.78 is 6.01. The predicted octanol–water partition coefficient (Wildman–Crippen LogP) is 4.06. The second kappa shape index (κ2) is 12.8. The number of aromatic amines is 2. The van der Waals surface area contributed by atoms with E-state index in [2.05, 4.69) is 67.6 Å². The van der Waals surface area contributed by atoms with Gasteiger partial charge in [-0.2, -0.15) is 5.10 Å². The fourth-order valence-corrected chi connectivity index (χ4v) is 4.50. The van der Waals surface area contributed by atoms with Gasteiger partial charge in [-0.15, -0.1) is 0 Å². The Kier molecular flexibility index (Phi) is 9.22. The average molecular weight is 538 g/mol. The molecule has 38 heavy (non-hydrogen) atoms. The number of H-pyrrole nitrogens is 2. The highest BCUT2D eigenvalue weighted by Gasteiger charge is 2.19. The minimum Gasteiger partial charge on any atom is -0.470 e. The summed E-state index contributed by atoms with van der Waals surface area (Å²) in [5.74, 6) is 2.49. The number of amidine groups is 1. The molecule has 1 aliphatic heterocycles. The number of nitrogens with zero attached hydrogens (tertiary/aromatic N) is 6. The normalized spacial score (nSPS) is 15.3. The molecule has 3 heterocycles. The highest BCUT2D eigenvalue weighted by Crippen LogP contribution is 2.33. The molecule has 1 fully saturated rings. The van der Waals surface area contributed by atoms with E-state index in [1.54, 1.807) is 6.08 Å². The number of aryl methyl sites for hydroxylation is 1. The van der Waals surface area contributed by atoms with Crippen molar-refractivity contribution in [1.29, 1.82) is 0 Å². The highest BCUT2D eigenvalue weighted by molar-refractivity contribution is 6.37. The van der Waals surface area contributed by atoms with Gasteiger partial charge in [-0.25, -0.2) is 9.98 Å². The van der Waals surface area contributed by atoms with Gasteiger partial charge in [-0.05, 0) is 52.0 Å². The number of likely N-dealkylation sites (N-methyl/N-ethyl adjacent to an activating group) is 1. The van der Waals surface area contributed by atoms with Crippen LogP contribution in [0.4, 0.5) is 5.82 Å². The second-order valence-corrected chi connectivity index (χ2v) is 9.82. The Morgan fingerprint density at radius 2 is 2.05 bits per heavy atom. The van der Waals surface area contributed by atoms with Gasteiger partial charge in [-0.3, -0.25) is 10.00 Å². The third kappa shape index (κ3) is 7.03. The molecule has 0 atom stereocenters. The number of benzene rings is 1. The maximum atomic E-state index is 6.62. The lowest BCUT2D eigenvalue weighted by Gasteiger charge is -2.36. The average Bonchev–Trinajstić information content (AvgIpc) is 3.53. The third-order valence-corrected chi connectivity index (χ3v) is 6.74. The van der Waals surface area contributed by atoms with Gasteiger partial charge in [0.2, 0.25) is 0 Å². The number of rotatable bonds is 11. The van der Waals surface area contributed by atoms with Crippen LogP contribution in [0, 0.1) is 6.92 Å².